The highest BCUT2D eigenvalue weighted by Gasteiger charge is 2.23. The van der Waals surface area contributed by atoms with Crippen LogP contribution in [0.1, 0.15) is 35.7 Å². The van der Waals surface area contributed by atoms with Gasteiger partial charge in [0.2, 0.25) is 5.91 Å². The normalized spacial score (nSPS) is 15.6. The molecule has 1 heterocycles. The Morgan fingerprint density at radius 2 is 2.21 bits per heavy atom. The van der Waals surface area contributed by atoms with Gasteiger partial charge in [0.25, 0.3) is 0 Å². The van der Waals surface area contributed by atoms with Gasteiger partial charge in [-0.05, 0) is 36.6 Å². The van der Waals surface area contributed by atoms with E-state index in [4.69, 9.17) is 5.26 Å². The molecule has 1 atom stereocenters. The molecule has 19 heavy (non-hydrogen) atoms. The summed E-state index contributed by atoms with van der Waals surface area (Å²) in [6.45, 7) is 1.83. The maximum absolute atomic E-state index is 12.1. The van der Waals surface area contributed by atoms with Gasteiger partial charge in [0.1, 0.15) is 5.92 Å². The van der Waals surface area contributed by atoms with E-state index in [1.165, 1.54) is 0 Å². The molecule has 1 aromatic carbocycles. The maximum Gasteiger partial charge on any atom is 0.227 e. The Hall–Kier alpha value is -2.15. The van der Waals surface area contributed by atoms with E-state index >= 15 is 0 Å². The summed E-state index contributed by atoms with van der Waals surface area (Å²) >= 11 is 0. The summed E-state index contributed by atoms with van der Waals surface area (Å²) in [6.07, 6.45) is 1.64. The second-order valence-corrected chi connectivity index (χ2v) is 4.75. The van der Waals surface area contributed by atoms with Crippen molar-refractivity contribution in [3.63, 3.8) is 0 Å². The average molecular weight is 256 g/mol. The van der Waals surface area contributed by atoms with Crippen LogP contribution in [0.15, 0.2) is 18.2 Å². The lowest BCUT2D eigenvalue weighted by Crippen LogP contribution is -2.31. The van der Waals surface area contributed by atoms with E-state index in [1.54, 1.807) is 24.1 Å². The Kier molecular flexibility index (Phi) is 3.66. The Labute approximate surface area is 112 Å². The Morgan fingerprint density at radius 3 is 2.84 bits per heavy atom. The van der Waals surface area contributed by atoms with Crippen LogP contribution in [-0.4, -0.2) is 18.7 Å². The summed E-state index contributed by atoms with van der Waals surface area (Å²) in [5, 5.41) is 8.95. The molecule has 0 N–H and O–H groups in total. The van der Waals surface area contributed by atoms with Crippen molar-refractivity contribution in [1.29, 1.82) is 5.26 Å². The molecule has 0 saturated heterocycles. The molecule has 98 valence electrons. The third kappa shape index (κ3) is 2.37. The van der Waals surface area contributed by atoms with E-state index in [9.17, 15) is 9.59 Å². The summed E-state index contributed by atoms with van der Waals surface area (Å²) in [4.78, 5) is 25.3. The summed E-state index contributed by atoms with van der Waals surface area (Å²) in [6, 6.07) is 7.35. The number of nitrogens with zero attached hydrogens (tertiary/aromatic N) is 2. The van der Waals surface area contributed by atoms with E-state index < -0.39 is 5.92 Å². The molecule has 0 fully saturated rings. The number of fused-ring (bicyclic) bond motifs is 1. The molecular weight excluding hydrogens is 240 g/mol. The summed E-state index contributed by atoms with van der Waals surface area (Å²) < 4.78 is 0. The quantitative estimate of drug-likeness (QED) is 0.780. The number of benzene rings is 1. The van der Waals surface area contributed by atoms with E-state index in [0.717, 1.165) is 11.3 Å². The number of hydrogen-bond acceptors (Lipinski definition) is 3. The van der Waals surface area contributed by atoms with Crippen LogP contribution in [0.2, 0.25) is 0 Å². The van der Waals surface area contributed by atoms with E-state index in [-0.39, 0.29) is 11.7 Å². The number of nitriles is 1. The van der Waals surface area contributed by atoms with Crippen molar-refractivity contribution in [2.24, 2.45) is 5.92 Å². The zero-order valence-corrected chi connectivity index (χ0v) is 11.1. The Morgan fingerprint density at radius 1 is 1.47 bits per heavy atom. The van der Waals surface area contributed by atoms with Crippen LogP contribution >= 0.6 is 0 Å². The molecule has 0 aliphatic carbocycles. The SMILES string of the molecule is CCC(C#N)C(=O)c1ccc2c(c1)CCC(=O)N2C. The van der Waals surface area contributed by atoms with E-state index in [1.807, 2.05) is 19.1 Å². The predicted molar refractivity (Wildman–Crippen MR) is 71.9 cm³/mol. The number of rotatable bonds is 3. The number of anilines is 1. The minimum atomic E-state index is -0.582. The number of aryl methyl sites for hydroxylation is 1. The largest absolute Gasteiger partial charge is 0.315 e. The fraction of sp³-hybridized carbons (Fsp3) is 0.400. The van der Waals surface area contributed by atoms with E-state index in [2.05, 4.69) is 0 Å². The standard InChI is InChI=1S/C15H16N2O2/c1-3-10(9-16)15(19)12-4-6-13-11(8-12)5-7-14(18)17(13)2/h4,6,8,10H,3,5,7H2,1-2H3. The minimum Gasteiger partial charge on any atom is -0.315 e. The van der Waals surface area contributed by atoms with Gasteiger partial charge >= 0.3 is 0 Å². The molecule has 1 unspecified atom stereocenters. The maximum atomic E-state index is 12.1. The number of ketones is 1. The molecular formula is C15H16N2O2. The van der Waals surface area contributed by atoms with Crippen LogP contribution in [0, 0.1) is 17.2 Å². The number of amides is 1. The molecule has 0 aromatic heterocycles. The fourth-order valence-electron chi connectivity index (χ4n) is 2.35. The average Bonchev–Trinajstić information content (AvgIpc) is 2.44. The summed E-state index contributed by atoms with van der Waals surface area (Å²) in [7, 11) is 1.74. The van der Waals surface area contributed by atoms with Crippen LogP contribution in [-0.2, 0) is 11.2 Å². The molecule has 1 aliphatic rings. The van der Waals surface area contributed by atoms with Gasteiger partial charge in [0.05, 0.1) is 6.07 Å². The van der Waals surface area contributed by atoms with Crippen LogP contribution in [0.4, 0.5) is 5.69 Å². The van der Waals surface area contributed by atoms with Gasteiger partial charge in [-0.1, -0.05) is 6.92 Å². The molecule has 0 bridgehead atoms. The third-order valence-corrected chi connectivity index (χ3v) is 3.59. The van der Waals surface area contributed by atoms with Gasteiger partial charge < -0.3 is 4.90 Å². The lowest BCUT2D eigenvalue weighted by molar-refractivity contribution is -0.118. The first kappa shape index (κ1) is 13.3. The molecule has 2 rings (SSSR count). The minimum absolute atomic E-state index is 0.0926. The van der Waals surface area contributed by atoms with Crippen LogP contribution in [0.25, 0.3) is 0 Å². The molecule has 1 aromatic rings. The number of carbonyl (C=O) groups excluding carboxylic acids is 2. The first-order valence-electron chi connectivity index (χ1n) is 6.41. The molecule has 1 amide bonds. The zero-order chi connectivity index (χ0) is 14.0. The molecule has 4 heteroatoms. The third-order valence-electron chi connectivity index (χ3n) is 3.59. The van der Waals surface area contributed by atoms with Gasteiger partial charge in [-0.3, -0.25) is 9.59 Å². The second kappa shape index (κ2) is 5.23. The first-order chi connectivity index (χ1) is 9.08. The summed E-state index contributed by atoms with van der Waals surface area (Å²) in [5.41, 5.74) is 2.42. The highest BCUT2D eigenvalue weighted by atomic mass is 16.2. The van der Waals surface area contributed by atoms with Crippen molar-refractivity contribution in [3.8, 4) is 6.07 Å². The van der Waals surface area contributed by atoms with Gasteiger partial charge in [0, 0.05) is 24.7 Å². The first-order valence-corrected chi connectivity index (χ1v) is 6.41. The topological polar surface area (TPSA) is 61.2 Å². The van der Waals surface area contributed by atoms with Crippen molar-refractivity contribution in [1.82, 2.24) is 0 Å². The second-order valence-electron chi connectivity index (χ2n) is 4.75. The number of hydrogen-bond donors (Lipinski definition) is 0. The Bertz CT molecular complexity index is 572. The van der Waals surface area contributed by atoms with Crippen molar-refractivity contribution < 1.29 is 9.59 Å². The van der Waals surface area contributed by atoms with Crippen molar-refractivity contribution in [3.05, 3.63) is 29.3 Å². The van der Waals surface area contributed by atoms with E-state index in [0.29, 0.717) is 24.8 Å². The van der Waals surface area contributed by atoms with Crippen molar-refractivity contribution in [2.45, 2.75) is 26.2 Å². The van der Waals surface area contributed by atoms with Crippen molar-refractivity contribution >= 4 is 17.4 Å². The summed E-state index contributed by atoms with van der Waals surface area (Å²) in [5.74, 6) is -0.622. The highest BCUT2D eigenvalue weighted by Crippen LogP contribution is 2.28. The monoisotopic (exact) mass is 256 g/mol. The Balaban J connectivity index is 2.35. The fourth-order valence-corrected chi connectivity index (χ4v) is 2.35. The van der Waals surface area contributed by atoms with Crippen LogP contribution in [0.5, 0.6) is 0 Å². The molecule has 4 nitrogen and oxygen atoms in total. The number of carbonyl (C=O) groups is 2. The molecule has 0 spiro atoms. The van der Waals surface area contributed by atoms with Gasteiger partial charge in [0.15, 0.2) is 5.78 Å². The highest BCUT2D eigenvalue weighted by molar-refractivity contribution is 6.01. The van der Waals surface area contributed by atoms with Crippen molar-refractivity contribution in [2.75, 3.05) is 11.9 Å². The molecule has 0 radical (unpaired) electrons. The molecule has 0 saturated carbocycles. The molecule has 1 aliphatic heterocycles. The predicted octanol–water partition coefficient (Wildman–Crippen LogP) is 2.33. The smallest absolute Gasteiger partial charge is 0.227 e. The van der Waals surface area contributed by atoms with Crippen LogP contribution in [0.3, 0.4) is 0 Å². The zero-order valence-electron chi connectivity index (χ0n) is 11.1. The van der Waals surface area contributed by atoms with Gasteiger partial charge in [-0.15, -0.1) is 0 Å². The van der Waals surface area contributed by atoms with Gasteiger partial charge in [-0.25, -0.2) is 0 Å². The van der Waals surface area contributed by atoms with Gasteiger partial charge in [-0.2, -0.15) is 5.26 Å². The lowest BCUT2D eigenvalue weighted by Gasteiger charge is -2.26. The van der Waals surface area contributed by atoms with Crippen LogP contribution < -0.4 is 4.90 Å². The number of Topliss-reactive ketones (excluding diaryl/α,β-unsaturated/α-hetero) is 1. The lowest BCUT2D eigenvalue weighted by atomic mass is 9.92.